The van der Waals surface area contributed by atoms with Crippen molar-refractivity contribution in [1.29, 1.82) is 0 Å². The van der Waals surface area contributed by atoms with Crippen molar-refractivity contribution in [2.45, 2.75) is 31.5 Å². The SMILES string of the molecule is O=C(CC(F)(F)F)Nc1cccc(OCC2CCCO2)c1. The van der Waals surface area contributed by atoms with Crippen LogP contribution in [0.5, 0.6) is 5.75 Å². The monoisotopic (exact) mass is 303 g/mol. The predicted molar refractivity (Wildman–Crippen MR) is 70.2 cm³/mol. The molecule has 1 aliphatic heterocycles. The molecule has 0 spiro atoms. The molecule has 1 amide bonds. The molecule has 0 aromatic heterocycles. The van der Waals surface area contributed by atoms with Gasteiger partial charge in [0.1, 0.15) is 18.8 Å². The van der Waals surface area contributed by atoms with Crippen molar-refractivity contribution in [3.8, 4) is 5.75 Å². The first-order chi connectivity index (χ1) is 9.92. The summed E-state index contributed by atoms with van der Waals surface area (Å²) in [5.41, 5.74) is 0.272. The molecule has 21 heavy (non-hydrogen) atoms. The van der Waals surface area contributed by atoms with E-state index in [2.05, 4.69) is 5.32 Å². The number of carbonyl (C=O) groups excluding carboxylic acids is 1. The minimum absolute atomic E-state index is 0.0495. The average molecular weight is 303 g/mol. The van der Waals surface area contributed by atoms with E-state index >= 15 is 0 Å². The number of benzene rings is 1. The molecule has 2 rings (SSSR count). The Labute approximate surface area is 120 Å². The van der Waals surface area contributed by atoms with Crippen molar-refractivity contribution in [3.05, 3.63) is 24.3 Å². The van der Waals surface area contributed by atoms with Crippen LogP contribution in [-0.4, -0.2) is 31.4 Å². The van der Waals surface area contributed by atoms with E-state index in [1.54, 1.807) is 12.1 Å². The fourth-order valence-corrected chi connectivity index (χ4v) is 2.02. The van der Waals surface area contributed by atoms with Crippen molar-refractivity contribution >= 4 is 11.6 Å². The third-order valence-corrected chi connectivity index (χ3v) is 2.94. The number of hydrogen-bond acceptors (Lipinski definition) is 3. The Balaban J connectivity index is 1.86. The van der Waals surface area contributed by atoms with Crippen LogP contribution >= 0.6 is 0 Å². The van der Waals surface area contributed by atoms with Crippen LogP contribution in [0.1, 0.15) is 19.3 Å². The van der Waals surface area contributed by atoms with Gasteiger partial charge in [0.2, 0.25) is 5.91 Å². The van der Waals surface area contributed by atoms with Crippen molar-refractivity contribution < 1.29 is 27.4 Å². The molecule has 116 valence electrons. The zero-order valence-corrected chi connectivity index (χ0v) is 11.3. The third kappa shape index (κ3) is 5.63. The number of nitrogens with one attached hydrogen (secondary N) is 1. The van der Waals surface area contributed by atoms with Crippen LogP contribution in [0.15, 0.2) is 24.3 Å². The van der Waals surface area contributed by atoms with Gasteiger partial charge in [0.05, 0.1) is 6.10 Å². The van der Waals surface area contributed by atoms with Crippen molar-refractivity contribution in [2.24, 2.45) is 0 Å². The third-order valence-electron chi connectivity index (χ3n) is 2.94. The zero-order valence-electron chi connectivity index (χ0n) is 11.3. The van der Waals surface area contributed by atoms with E-state index in [9.17, 15) is 18.0 Å². The second-order valence-corrected chi connectivity index (χ2v) is 4.81. The first kappa shape index (κ1) is 15.6. The van der Waals surface area contributed by atoms with Crippen LogP contribution < -0.4 is 10.1 Å². The molecule has 0 saturated carbocycles. The van der Waals surface area contributed by atoms with Crippen molar-refractivity contribution in [2.75, 3.05) is 18.5 Å². The Morgan fingerprint density at radius 2 is 2.24 bits per heavy atom. The molecule has 1 atom stereocenters. The van der Waals surface area contributed by atoms with Gasteiger partial charge in [0.15, 0.2) is 0 Å². The Morgan fingerprint density at radius 1 is 1.43 bits per heavy atom. The molecule has 1 unspecified atom stereocenters. The number of anilines is 1. The highest BCUT2D eigenvalue weighted by Gasteiger charge is 2.31. The molecule has 1 aromatic carbocycles. The van der Waals surface area contributed by atoms with E-state index in [1.165, 1.54) is 12.1 Å². The lowest BCUT2D eigenvalue weighted by Gasteiger charge is -2.13. The summed E-state index contributed by atoms with van der Waals surface area (Å²) in [5, 5.41) is 2.20. The predicted octanol–water partition coefficient (Wildman–Crippen LogP) is 3.14. The first-order valence-electron chi connectivity index (χ1n) is 6.63. The van der Waals surface area contributed by atoms with Gasteiger partial charge >= 0.3 is 6.18 Å². The second-order valence-electron chi connectivity index (χ2n) is 4.81. The summed E-state index contributed by atoms with van der Waals surface area (Å²) < 4.78 is 47.2. The number of ether oxygens (including phenoxy) is 2. The summed E-state index contributed by atoms with van der Waals surface area (Å²) in [5.74, 6) is -0.617. The van der Waals surface area contributed by atoms with Crippen molar-refractivity contribution in [1.82, 2.24) is 0 Å². The highest BCUT2D eigenvalue weighted by atomic mass is 19.4. The molecule has 7 heteroatoms. The molecule has 1 aliphatic rings. The molecule has 1 fully saturated rings. The Hall–Kier alpha value is -1.76. The molecule has 1 N–H and O–H groups in total. The van der Waals surface area contributed by atoms with Gasteiger partial charge in [-0.25, -0.2) is 0 Å². The minimum atomic E-state index is -4.52. The number of hydrogen-bond donors (Lipinski definition) is 1. The van der Waals surface area contributed by atoms with Crippen LogP contribution in [0.3, 0.4) is 0 Å². The normalized spacial score (nSPS) is 18.5. The van der Waals surface area contributed by atoms with Gasteiger partial charge in [-0.15, -0.1) is 0 Å². The molecule has 1 heterocycles. The average Bonchev–Trinajstić information content (AvgIpc) is 2.87. The van der Waals surface area contributed by atoms with E-state index < -0.39 is 18.5 Å². The van der Waals surface area contributed by atoms with E-state index in [1.807, 2.05) is 0 Å². The van der Waals surface area contributed by atoms with Crippen LogP contribution in [0.2, 0.25) is 0 Å². The number of carbonyl (C=O) groups is 1. The quantitative estimate of drug-likeness (QED) is 0.909. The summed E-state index contributed by atoms with van der Waals surface area (Å²) >= 11 is 0. The molecule has 0 bridgehead atoms. The second kappa shape index (κ2) is 6.80. The van der Waals surface area contributed by atoms with Crippen LogP contribution in [0.25, 0.3) is 0 Å². The van der Waals surface area contributed by atoms with E-state index in [-0.39, 0.29) is 11.8 Å². The van der Waals surface area contributed by atoms with Crippen LogP contribution in [-0.2, 0) is 9.53 Å². The Bertz CT molecular complexity index is 485. The molecule has 1 saturated heterocycles. The van der Waals surface area contributed by atoms with Crippen LogP contribution in [0.4, 0.5) is 18.9 Å². The molecule has 1 aromatic rings. The van der Waals surface area contributed by atoms with E-state index in [4.69, 9.17) is 9.47 Å². The largest absolute Gasteiger partial charge is 0.491 e. The molecule has 0 aliphatic carbocycles. The Morgan fingerprint density at radius 3 is 2.90 bits per heavy atom. The molecule has 4 nitrogen and oxygen atoms in total. The molecule has 0 radical (unpaired) electrons. The van der Waals surface area contributed by atoms with Gasteiger partial charge in [-0.1, -0.05) is 6.07 Å². The van der Waals surface area contributed by atoms with Gasteiger partial charge in [-0.3, -0.25) is 4.79 Å². The lowest BCUT2D eigenvalue weighted by atomic mass is 10.2. The maximum absolute atomic E-state index is 12.1. The molecular formula is C14H16F3NO3. The summed E-state index contributed by atoms with van der Waals surface area (Å²) in [4.78, 5) is 11.2. The van der Waals surface area contributed by atoms with Gasteiger partial charge in [-0.2, -0.15) is 13.2 Å². The van der Waals surface area contributed by atoms with Gasteiger partial charge < -0.3 is 14.8 Å². The Kier molecular flexibility index (Phi) is 5.06. The summed E-state index contributed by atoms with van der Waals surface area (Å²) in [6.45, 7) is 1.11. The summed E-state index contributed by atoms with van der Waals surface area (Å²) in [6, 6.07) is 6.28. The maximum atomic E-state index is 12.1. The van der Waals surface area contributed by atoms with Gasteiger partial charge in [0, 0.05) is 18.4 Å². The number of alkyl halides is 3. The smallest absolute Gasteiger partial charge is 0.397 e. The fraction of sp³-hybridized carbons (Fsp3) is 0.500. The van der Waals surface area contributed by atoms with Gasteiger partial charge in [-0.05, 0) is 25.0 Å². The fourth-order valence-electron chi connectivity index (χ4n) is 2.02. The number of halogens is 3. The van der Waals surface area contributed by atoms with Crippen molar-refractivity contribution in [3.63, 3.8) is 0 Å². The van der Waals surface area contributed by atoms with Crippen LogP contribution in [0, 0.1) is 0 Å². The summed E-state index contributed by atoms with van der Waals surface area (Å²) in [6.07, 6.45) is -4.04. The summed E-state index contributed by atoms with van der Waals surface area (Å²) in [7, 11) is 0. The lowest BCUT2D eigenvalue weighted by Crippen LogP contribution is -2.21. The zero-order chi connectivity index (χ0) is 15.3. The number of rotatable bonds is 5. The topological polar surface area (TPSA) is 47.6 Å². The molecular weight excluding hydrogens is 287 g/mol. The minimum Gasteiger partial charge on any atom is -0.491 e. The number of amides is 1. The van der Waals surface area contributed by atoms with E-state index in [0.717, 1.165) is 19.4 Å². The first-order valence-corrected chi connectivity index (χ1v) is 6.63. The van der Waals surface area contributed by atoms with E-state index in [0.29, 0.717) is 12.4 Å². The standard InChI is InChI=1S/C14H16F3NO3/c15-14(16,17)8-13(19)18-10-3-1-4-11(7-10)21-9-12-5-2-6-20-12/h1,3-4,7,12H,2,5-6,8-9H2,(H,18,19). The lowest BCUT2D eigenvalue weighted by molar-refractivity contribution is -0.150. The highest BCUT2D eigenvalue weighted by Crippen LogP contribution is 2.22. The van der Waals surface area contributed by atoms with Gasteiger partial charge in [0.25, 0.3) is 0 Å². The highest BCUT2D eigenvalue weighted by molar-refractivity contribution is 5.91. The maximum Gasteiger partial charge on any atom is 0.397 e.